The number of halogens is 1. The highest BCUT2D eigenvalue weighted by atomic mass is 19.1. The third kappa shape index (κ3) is 7.79. The summed E-state index contributed by atoms with van der Waals surface area (Å²) in [5.41, 5.74) is 1.80. The number of hydrogen-bond donors (Lipinski definition) is 1. The maximum absolute atomic E-state index is 12.1. The molecule has 0 amide bonds. The van der Waals surface area contributed by atoms with Crippen molar-refractivity contribution in [2.45, 2.75) is 6.42 Å². The van der Waals surface area contributed by atoms with Crippen molar-refractivity contribution in [2.75, 3.05) is 20.2 Å². The molecule has 0 aliphatic rings. The Morgan fingerprint density at radius 3 is 2.35 bits per heavy atom. The Morgan fingerprint density at radius 2 is 1.83 bits per heavy atom. The van der Waals surface area contributed by atoms with E-state index in [4.69, 9.17) is 11.2 Å². The highest BCUT2D eigenvalue weighted by molar-refractivity contribution is 5.74. The van der Waals surface area contributed by atoms with Crippen LogP contribution in [0.2, 0.25) is 0 Å². The lowest BCUT2D eigenvalue weighted by atomic mass is 10.1. The zero-order chi connectivity index (χ0) is 16.9. The van der Waals surface area contributed by atoms with Crippen LogP contribution in [0.5, 0.6) is 5.75 Å². The number of ether oxygens (including phenoxy) is 1. The van der Waals surface area contributed by atoms with Crippen LogP contribution in [-0.4, -0.2) is 26.5 Å². The molecule has 120 valence electrons. The van der Waals surface area contributed by atoms with E-state index in [0.717, 1.165) is 18.7 Å². The van der Waals surface area contributed by atoms with Crippen molar-refractivity contribution in [3.63, 3.8) is 0 Å². The zero-order valence-corrected chi connectivity index (χ0v) is 13.1. The van der Waals surface area contributed by atoms with Gasteiger partial charge in [-0.2, -0.15) is 0 Å². The summed E-state index contributed by atoms with van der Waals surface area (Å²) in [6.45, 7) is 1.32. The minimum atomic E-state index is -0.319. The summed E-state index contributed by atoms with van der Waals surface area (Å²) in [6, 6.07) is 13.4. The normalized spacial score (nSPS) is 9.26. The predicted octanol–water partition coefficient (Wildman–Crippen LogP) is 3.10. The molecule has 0 fully saturated rings. The van der Waals surface area contributed by atoms with Gasteiger partial charge < -0.3 is 10.1 Å². The van der Waals surface area contributed by atoms with Crippen LogP contribution in [0.1, 0.15) is 15.9 Å². The number of benzene rings is 2. The van der Waals surface area contributed by atoms with Crippen molar-refractivity contribution in [1.82, 2.24) is 5.32 Å². The van der Waals surface area contributed by atoms with Gasteiger partial charge >= 0.3 is 0 Å². The summed E-state index contributed by atoms with van der Waals surface area (Å²) in [7, 11) is 1.95. The van der Waals surface area contributed by atoms with Crippen molar-refractivity contribution < 1.29 is 13.9 Å². The molecule has 0 atom stereocenters. The molecule has 0 heterocycles. The zero-order valence-electron chi connectivity index (χ0n) is 13.1. The Hall–Kier alpha value is -2.64. The van der Waals surface area contributed by atoms with Crippen LogP contribution in [-0.2, 0) is 6.42 Å². The summed E-state index contributed by atoms with van der Waals surface area (Å²) in [4.78, 5) is 10.00. The van der Waals surface area contributed by atoms with Gasteiger partial charge in [0, 0.05) is 5.56 Å². The fraction of sp³-hybridized carbons (Fsp3) is 0.211. The van der Waals surface area contributed by atoms with E-state index in [1.54, 1.807) is 0 Å². The lowest BCUT2D eigenvalue weighted by Crippen LogP contribution is -2.10. The summed E-state index contributed by atoms with van der Waals surface area (Å²) in [5, 5.41) is 3.11. The predicted molar refractivity (Wildman–Crippen MR) is 90.2 cm³/mol. The Morgan fingerprint density at radius 1 is 1.17 bits per heavy atom. The Labute approximate surface area is 136 Å². The maximum Gasteiger partial charge on any atom is 0.150 e. The molecule has 0 saturated heterocycles. The van der Waals surface area contributed by atoms with Gasteiger partial charge in [0.05, 0.1) is 0 Å². The van der Waals surface area contributed by atoms with Gasteiger partial charge in [-0.25, -0.2) is 4.39 Å². The van der Waals surface area contributed by atoms with E-state index in [9.17, 15) is 9.18 Å². The molecule has 1 N–H and O–H groups in total. The Kier molecular flexibility index (Phi) is 8.80. The number of carbonyl (C=O) groups excluding carboxylic acids is 1. The van der Waals surface area contributed by atoms with Gasteiger partial charge in [-0.05, 0) is 62.0 Å². The number of likely N-dealkylation sites (N-methyl/N-ethyl adjacent to an activating group) is 1. The molecule has 0 aliphatic heterocycles. The fourth-order valence-electron chi connectivity index (χ4n) is 1.69. The molecule has 0 aliphatic carbocycles. The third-order valence-corrected chi connectivity index (χ3v) is 2.92. The smallest absolute Gasteiger partial charge is 0.150 e. The molecule has 2 rings (SSSR count). The summed E-state index contributed by atoms with van der Waals surface area (Å²) in [5.74, 6) is 2.94. The van der Waals surface area contributed by atoms with Gasteiger partial charge in [-0.1, -0.05) is 18.1 Å². The van der Waals surface area contributed by atoms with Gasteiger partial charge in [0.1, 0.15) is 24.5 Å². The molecule has 3 nitrogen and oxygen atoms in total. The minimum Gasteiger partial charge on any atom is -0.481 e. The Bertz CT molecular complexity index is 615. The Balaban J connectivity index is 0.000000253. The molecule has 0 spiro atoms. The summed E-state index contributed by atoms with van der Waals surface area (Å²) < 4.78 is 17.4. The lowest BCUT2D eigenvalue weighted by Gasteiger charge is -2.04. The van der Waals surface area contributed by atoms with Crippen LogP contribution in [0.25, 0.3) is 0 Å². The first-order chi connectivity index (χ1) is 11.2. The van der Waals surface area contributed by atoms with Gasteiger partial charge in [0.25, 0.3) is 0 Å². The van der Waals surface area contributed by atoms with E-state index in [-0.39, 0.29) is 5.82 Å². The highest BCUT2D eigenvalue weighted by Gasteiger charge is 1.94. The maximum atomic E-state index is 12.1. The van der Waals surface area contributed by atoms with Gasteiger partial charge in [-0.15, -0.1) is 6.42 Å². The van der Waals surface area contributed by atoms with Gasteiger partial charge in [-0.3, -0.25) is 4.79 Å². The average Bonchev–Trinajstić information content (AvgIpc) is 2.60. The fourth-order valence-corrected chi connectivity index (χ4v) is 1.69. The van der Waals surface area contributed by atoms with Crippen LogP contribution in [0.4, 0.5) is 4.39 Å². The molecule has 2 aromatic rings. The van der Waals surface area contributed by atoms with Crippen LogP contribution in [0.15, 0.2) is 48.5 Å². The number of hydrogen-bond acceptors (Lipinski definition) is 3. The van der Waals surface area contributed by atoms with Crippen molar-refractivity contribution in [3.05, 3.63) is 65.5 Å². The third-order valence-electron chi connectivity index (χ3n) is 2.92. The van der Waals surface area contributed by atoms with E-state index in [2.05, 4.69) is 23.4 Å². The first-order valence-electron chi connectivity index (χ1n) is 7.20. The molecule has 2 aromatic carbocycles. The van der Waals surface area contributed by atoms with Crippen LogP contribution >= 0.6 is 0 Å². The van der Waals surface area contributed by atoms with Crippen LogP contribution in [0, 0.1) is 18.2 Å². The van der Waals surface area contributed by atoms with Crippen LogP contribution < -0.4 is 10.1 Å². The number of nitrogens with one attached hydrogen (secondary N) is 1. The topological polar surface area (TPSA) is 38.3 Å². The van der Waals surface area contributed by atoms with Crippen molar-refractivity contribution in [3.8, 4) is 18.1 Å². The second-order valence-electron chi connectivity index (χ2n) is 4.66. The molecule has 4 heteroatoms. The molecular formula is C19H20FNO2. The summed E-state index contributed by atoms with van der Waals surface area (Å²) >= 11 is 0. The number of aldehydes is 1. The first kappa shape index (κ1) is 18.4. The molecule has 0 bridgehead atoms. The molecule has 0 radical (unpaired) electrons. The van der Waals surface area contributed by atoms with E-state index in [0.29, 0.717) is 18.5 Å². The van der Waals surface area contributed by atoms with E-state index in [1.165, 1.54) is 29.8 Å². The molecule has 0 saturated carbocycles. The second kappa shape index (κ2) is 11.0. The summed E-state index contributed by atoms with van der Waals surface area (Å²) in [6.07, 6.45) is 6.80. The standard InChI is InChI=1S/C12H15NO.C7H5FO/c1-3-10-14-12-6-4-11(5-7-12)8-9-13-2;8-7-3-1-6(5-9)2-4-7/h1,4-7,13H,8-10H2,2H3;1-5H. The largest absolute Gasteiger partial charge is 0.481 e. The van der Waals surface area contributed by atoms with E-state index >= 15 is 0 Å². The van der Waals surface area contributed by atoms with E-state index in [1.807, 2.05) is 19.2 Å². The second-order valence-corrected chi connectivity index (χ2v) is 4.66. The average molecular weight is 313 g/mol. The van der Waals surface area contributed by atoms with Gasteiger partial charge in [0.15, 0.2) is 0 Å². The molecule has 23 heavy (non-hydrogen) atoms. The lowest BCUT2D eigenvalue weighted by molar-refractivity contribution is 0.112. The van der Waals surface area contributed by atoms with Gasteiger partial charge in [0.2, 0.25) is 0 Å². The molecule has 0 aromatic heterocycles. The van der Waals surface area contributed by atoms with Crippen molar-refractivity contribution in [1.29, 1.82) is 0 Å². The van der Waals surface area contributed by atoms with Crippen molar-refractivity contribution in [2.24, 2.45) is 0 Å². The molecule has 0 unspecified atom stereocenters. The number of carbonyl (C=O) groups is 1. The monoisotopic (exact) mass is 313 g/mol. The highest BCUT2D eigenvalue weighted by Crippen LogP contribution is 2.11. The first-order valence-corrected chi connectivity index (χ1v) is 7.20. The van der Waals surface area contributed by atoms with Crippen LogP contribution in [0.3, 0.4) is 0 Å². The minimum absolute atomic E-state index is 0.319. The SMILES string of the molecule is C#CCOc1ccc(CCNC)cc1.O=Cc1ccc(F)cc1. The number of rotatable bonds is 6. The molecular weight excluding hydrogens is 293 g/mol. The number of terminal acetylenes is 1. The quantitative estimate of drug-likeness (QED) is 0.658. The van der Waals surface area contributed by atoms with Crippen molar-refractivity contribution >= 4 is 6.29 Å². The van der Waals surface area contributed by atoms with E-state index < -0.39 is 0 Å².